The van der Waals surface area contributed by atoms with E-state index in [9.17, 15) is 5.11 Å². The Bertz CT molecular complexity index is 509. The first kappa shape index (κ1) is 17.5. The number of methoxy groups -OCH3 is 1. The molecule has 1 aromatic rings. The smallest absolute Gasteiger partial charge is 0.160 e. The molecule has 0 bridgehead atoms. The fourth-order valence-electron chi connectivity index (χ4n) is 3.89. The fraction of sp³-hybridized carbons (Fsp3) is 0.684. The Balaban J connectivity index is 1.80. The average molecular weight is 333 g/mol. The number of hydrogen-bond donors (Lipinski definition) is 2. The van der Waals surface area contributed by atoms with Crippen LogP contribution >= 0.6 is 0 Å². The molecule has 2 heterocycles. The molecule has 0 aromatic heterocycles. The van der Waals surface area contributed by atoms with Gasteiger partial charge in [-0.2, -0.15) is 0 Å². The number of phenolic OH excluding ortho intramolecular Hbond substituents is 1. The van der Waals surface area contributed by atoms with Gasteiger partial charge in [-0.3, -0.25) is 4.90 Å². The van der Waals surface area contributed by atoms with Crippen LogP contribution in [0.2, 0.25) is 0 Å². The Labute approximate surface area is 145 Å². The summed E-state index contributed by atoms with van der Waals surface area (Å²) in [4.78, 5) is 5.20. The summed E-state index contributed by atoms with van der Waals surface area (Å²) in [7, 11) is 1.62. The first-order valence-electron chi connectivity index (χ1n) is 9.32. The first-order chi connectivity index (χ1) is 11.8. The van der Waals surface area contributed by atoms with Crippen molar-refractivity contribution in [2.75, 3.05) is 52.9 Å². The zero-order valence-corrected chi connectivity index (χ0v) is 14.8. The summed E-state index contributed by atoms with van der Waals surface area (Å²) in [6.45, 7) is 7.71. The fourth-order valence-corrected chi connectivity index (χ4v) is 3.89. The van der Waals surface area contributed by atoms with Crippen LogP contribution in [-0.2, 0) is 0 Å². The predicted molar refractivity (Wildman–Crippen MR) is 96.8 cm³/mol. The van der Waals surface area contributed by atoms with Crippen LogP contribution in [0.3, 0.4) is 0 Å². The summed E-state index contributed by atoms with van der Waals surface area (Å²) in [5.41, 5.74) is 1.25. The summed E-state index contributed by atoms with van der Waals surface area (Å²) >= 11 is 0. The van der Waals surface area contributed by atoms with Crippen LogP contribution in [0.5, 0.6) is 11.5 Å². The van der Waals surface area contributed by atoms with Crippen molar-refractivity contribution >= 4 is 0 Å². The van der Waals surface area contributed by atoms with Crippen molar-refractivity contribution in [2.45, 2.75) is 31.7 Å². The topological polar surface area (TPSA) is 48.0 Å². The third-order valence-electron chi connectivity index (χ3n) is 5.31. The minimum absolute atomic E-state index is 0.218. The highest BCUT2D eigenvalue weighted by Gasteiger charge is 2.25. The van der Waals surface area contributed by atoms with Gasteiger partial charge in [-0.25, -0.2) is 0 Å². The van der Waals surface area contributed by atoms with E-state index in [2.05, 4.69) is 21.2 Å². The molecule has 2 aliphatic rings. The quantitative estimate of drug-likeness (QED) is 0.865. The Kier molecular flexibility index (Phi) is 6.35. The lowest BCUT2D eigenvalue weighted by Gasteiger charge is -2.38. The lowest BCUT2D eigenvalue weighted by atomic mass is 10.0. The lowest BCUT2D eigenvalue weighted by molar-refractivity contribution is 0.125. The number of nitrogens with one attached hydrogen (secondary N) is 1. The number of rotatable bonds is 5. The molecular weight excluding hydrogens is 302 g/mol. The Morgan fingerprint density at radius 1 is 1.08 bits per heavy atom. The van der Waals surface area contributed by atoms with E-state index in [0.717, 1.165) is 32.7 Å². The second kappa shape index (κ2) is 8.70. The molecule has 2 N–H and O–H groups in total. The molecular formula is C19H31N3O2. The highest BCUT2D eigenvalue weighted by Crippen LogP contribution is 2.32. The van der Waals surface area contributed by atoms with Crippen molar-refractivity contribution < 1.29 is 9.84 Å². The molecule has 0 saturated carbocycles. The maximum Gasteiger partial charge on any atom is 0.160 e. The Morgan fingerprint density at radius 2 is 1.79 bits per heavy atom. The number of ether oxygens (including phenoxy) is 1. The average Bonchev–Trinajstić information content (AvgIpc) is 2.90. The summed E-state index contributed by atoms with van der Waals surface area (Å²) < 4.78 is 5.34. The molecule has 3 rings (SSSR count). The summed E-state index contributed by atoms with van der Waals surface area (Å²) in [5, 5.41) is 13.4. The first-order valence-corrected chi connectivity index (χ1v) is 9.32. The van der Waals surface area contributed by atoms with E-state index in [4.69, 9.17) is 4.74 Å². The Morgan fingerprint density at radius 3 is 2.46 bits per heavy atom. The van der Waals surface area contributed by atoms with Crippen molar-refractivity contribution in [3.63, 3.8) is 0 Å². The molecule has 5 heteroatoms. The predicted octanol–water partition coefficient (Wildman–Crippen LogP) is 2.22. The van der Waals surface area contributed by atoms with Gasteiger partial charge in [0.25, 0.3) is 0 Å². The van der Waals surface area contributed by atoms with Gasteiger partial charge >= 0.3 is 0 Å². The number of hydrogen-bond acceptors (Lipinski definition) is 5. The summed E-state index contributed by atoms with van der Waals surface area (Å²) in [6, 6.07) is 6.20. The molecule has 0 aliphatic carbocycles. The lowest BCUT2D eigenvalue weighted by Crippen LogP contribution is -2.48. The molecule has 2 saturated heterocycles. The van der Waals surface area contributed by atoms with Crippen LogP contribution < -0.4 is 10.1 Å². The third kappa shape index (κ3) is 4.41. The van der Waals surface area contributed by atoms with E-state index in [1.165, 1.54) is 44.3 Å². The highest BCUT2D eigenvalue weighted by molar-refractivity contribution is 5.42. The van der Waals surface area contributed by atoms with Crippen molar-refractivity contribution in [1.29, 1.82) is 0 Å². The SMILES string of the molecule is COc1cc(C(CN2CCCCCC2)N2CCNCC2)ccc1O. The van der Waals surface area contributed by atoms with E-state index in [0.29, 0.717) is 11.8 Å². The molecule has 0 radical (unpaired) electrons. The monoisotopic (exact) mass is 333 g/mol. The van der Waals surface area contributed by atoms with Crippen molar-refractivity contribution in [3.8, 4) is 11.5 Å². The zero-order chi connectivity index (χ0) is 16.8. The molecule has 134 valence electrons. The van der Waals surface area contributed by atoms with Crippen LogP contribution in [0, 0.1) is 0 Å². The summed E-state index contributed by atoms with van der Waals surface area (Å²) in [6.07, 6.45) is 5.35. The minimum atomic E-state index is 0.218. The largest absolute Gasteiger partial charge is 0.504 e. The van der Waals surface area contributed by atoms with Gasteiger partial charge in [0, 0.05) is 38.8 Å². The second-order valence-corrected chi connectivity index (χ2v) is 6.95. The van der Waals surface area contributed by atoms with E-state index >= 15 is 0 Å². The second-order valence-electron chi connectivity index (χ2n) is 6.95. The van der Waals surface area contributed by atoms with E-state index in [-0.39, 0.29) is 5.75 Å². The standard InChI is InChI=1S/C19H31N3O2/c1-24-19-14-16(6-7-18(19)23)17(22-12-8-20-9-13-22)15-21-10-4-2-3-5-11-21/h6-7,14,17,20,23H,2-5,8-13,15H2,1H3. The van der Waals surface area contributed by atoms with E-state index in [1.807, 2.05) is 6.07 Å². The van der Waals surface area contributed by atoms with Gasteiger partial charge in [0.15, 0.2) is 11.5 Å². The molecule has 1 unspecified atom stereocenters. The van der Waals surface area contributed by atoms with Gasteiger partial charge in [-0.15, -0.1) is 0 Å². The molecule has 1 atom stereocenters. The number of phenols is 1. The van der Waals surface area contributed by atoms with Crippen molar-refractivity contribution in [3.05, 3.63) is 23.8 Å². The van der Waals surface area contributed by atoms with Crippen LogP contribution in [0.25, 0.3) is 0 Å². The van der Waals surface area contributed by atoms with Crippen molar-refractivity contribution in [2.24, 2.45) is 0 Å². The van der Waals surface area contributed by atoms with Crippen LogP contribution in [0.4, 0.5) is 0 Å². The number of likely N-dealkylation sites (tertiary alicyclic amines) is 1. The van der Waals surface area contributed by atoms with Gasteiger partial charge in [-0.05, 0) is 43.6 Å². The maximum atomic E-state index is 9.93. The van der Waals surface area contributed by atoms with E-state index < -0.39 is 0 Å². The molecule has 1 aromatic carbocycles. The molecule has 5 nitrogen and oxygen atoms in total. The van der Waals surface area contributed by atoms with Crippen LogP contribution in [0.1, 0.15) is 37.3 Å². The van der Waals surface area contributed by atoms with Gasteiger partial charge in [0.2, 0.25) is 0 Å². The van der Waals surface area contributed by atoms with Crippen LogP contribution in [-0.4, -0.2) is 67.8 Å². The number of piperazine rings is 1. The van der Waals surface area contributed by atoms with Crippen molar-refractivity contribution in [1.82, 2.24) is 15.1 Å². The number of nitrogens with zero attached hydrogens (tertiary/aromatic N) is 2. The van der Waals surface area contributed by atoms with E-state index in [1.54, 1.807) is 13.2 Å². The Hall–Kier alpha value is -1.30. The zero-order valence-electron chi connectivity index (χ0n) is 14.8. The normalized spacial score (nSPS) is 22.0. The maximum absolute atomic E-state index is 9.93. The third-order valence-corrected chi connectivity index (χ3v) is 5.31. The van der Waals surface area contributed by atoms with Gasteiger partial charge in [0.05, 0.1) is 7.11 Å². The van der Waals surface area contributed by atoms with Gasteiger partial charge in [0.1, 0.15) is 0 Å². The van der Waals surface area contributed by atoms with Crippen LogP contribution in [0.15, 0.2) is 18.2 Å². The number of aromatic hydroxyl groups is 1. The molecule has 0 spiro atoms. The molecule has 24 heavy (non-hydrogen) atoms. The highest BCUT2D eigenvalue weighted by atomic mass is 16.5. The van der Waals surface area contributed by atoms with Gasteiger partial charge < -0.3 is 20.1 Å². The molecule has 2 aliphatic heterocycles. The van der Waals surface area contributed by atoms with Gasteiger partial charge in [-0.1, -0.05) is 18.9 Å². The number of benzene rings is 1. The molecule has 2 fully saturated rings. The molecule has 0 amide bonds. The minimum Gasteiger partial charge on any atom is -0.504 e. The summed E-state index contributed by atoms with van der Waals surface area (Å²) in [5.74, 6) is 0.790.